The Labute approximate surface area is 116 Å². The SMILES string of the molecule is Oc1ccc(-c2noc(CNC3CCCC3)n2)cc1O. The molecule has 0 spiro atoms. The molecule has 106 valence electrons. The average Bonchev–Trinajstić information content (AvgIpc) is 3.10. The maximum atomic E-state index is 9.47. The van der Waals surface area contributed by atoms with Crippen LogP contribution in [0.2, 0.25) is 0 Å². The van der Waals surface area contributed by atoms with Crippen molar-refractivity contribution < 1.29 is 14.7 Å². The van der Waals surface area contributed by atoms with Crippen molar-refractivity contribution in [3.8, 4) is 22.9 Å². The number of benzene rings is 1. The molecule has 0 saturated heterocycles. The van der Waals surface area contributed by atoms with Crippen LogP contribution in [0.4, 0.5) is 0 Å². The number of hydrogen-bond acceptors (Lipinski definition) is 6. The fraction of sp³-hybridized carbons (Fsp3) is 0.429. The molecule has 0 atom stereocenters. The second-order valence-electron chi connectivity index (χ2n) is 5.08. The van der Waals surface area contributed by atoms with Crippen LogP contribution in [0.15, 0.2) is 22.7 Å². The lowest BCUT2D eigenvalue weighted by atomic mass is 10.2. The lowest BCUT2D eigenvalue weighted by Crippen LogP contribution is -2.25. The summed E-state index contributed by atoms with van der Waals surface area (Å²) in [7, 11) is 0. The van der Waals surface area contributed by atoms with Crippen molar-refractivity contribution in [2.24, 2.45) is 0 Å². The summed E-state index contributed by atoms with van der Waals surface area (Å²) in [6, 6.07) is 4.99. The summed E-state index contributed by atoms with van der Waals surface area (Å²) < 4.78 is 5.18. The number of aromatic nitrogens is 2. The summed E-state index contributed by atoms with van der Waals surface area (Å²) in [4.78, 5) is 4.28. The molecule has 1 aromatic heterocycles. The molecule has 6 nitrogen and oxygen atoms in total. The van der Waals surface area contributed by atoms with Crippen molar-refractivity contribution in [3.05, 3.63) is 24.1 Å². The molecule has 0 amide bonds. The topological polar surface area (TPSA) is 91.4 Å². The fourth-order valence-corrected chi connectivity index (χ4v) is 2.47. The van der Waals surface area contributed by atoms with E-state index < -0.39 is 0 Å². The van der Waals surface area contributed by atoms with Gasteiger partial charge < -0.3 is 20.1 Å². The maximum absolute atomic E-state index is 9.47. The maximum Gasteiger partial charge on any atom is 0.240 e. The van der Waals surface area contributed by atoms with Gasteiger partial charge >= 0.3 is 0 Å². The third kappa shape index (κ3) is 2.75. The highest BCUT2D eigenvalue weighted by Crippen LogP contribution is 2.29. The first-order chi connectivity index (χ1) is 9.72. The largest absolute Gasteiger partial charge is 0.504 e. The Kier molecular flexibility index (Phi) is 3.56. The third-order valence-electron chi connectivity index (χ3n) is 3.60. The van der Waals surface area contributed by atoms with Gasteiger partial charge in [-0.1, -0.05) is 18.0 Å². The Morgan fingerprint density at radius 2 is 2.00 bits per heavy atom. The van der Waals surface area contributed by atoms with Gasteiger partial charge in [0.2, 0.25) is 11.7 Å². The molecule has 0 unspecified atom stereocenters. The number of nitrogens with one attached hydrogen (secondary N) is 1. The van der Waals surface area contributed by atoms with Gasteiger partial charge in [0.15, 0.2) is 11.5 Å². The lowest BCUT2D eigenvalue weighted by molar-refractivity contribution is 0.357. The molecule has 6 heteroatoms. The molecule has 0 bridgehead atoms. The summed E-state index contributed by atoms with van der Waals surface area (Å²) in [6.45, 7) is 0.557. The predicted octanol–water partition coefficient (Wildman–Crippen LogP) is 2.18. The Hall–Kier alpha value is -2.08. The van der Waals surface area contributed by atoms with Gasteiger partial charge in [0.1, 0.15) is 0 Å². The molecular weight excluding hydrogens is 258 g/mol. The Morgan fingerprint density at radius 3 is 2.75 bits per heavy atom. The smallest absolute Gasteiger partial charge is 0.240 e. The third-order valence-corrected chi connectivity index (χ3v) is 3.60. The van der Waals surface area contributed by atoms with Gasteiger partial charge in [0.25, 0.3) is 0 Å². The zero-order valence-corrected chi connectivity index (χ0v) is 11.0. The van der Waals surface area contributed by atoms with Gasteiger partial charge in [-0.2, -0.15) is 4.98 Å². The molecule has 3 rings (SSSR count). The number of hydrogen-bond donors (Lipinski definition) is 3. The van der Waals surface area contributed by atoms with Crippen LogP contribution in [-0.4, -0.2) is 26.4 Å². The van der Waals surface area contributed by atoms with Crippen LogP contribution < -0.4 is 5.32 Å². The summed E-state index contributed by atoms with van der Waals surface area (Å²) in [5.74, 6) is 0.571. The Bertz CT molecular complexity index is 591. The molecule has 1 aliphatic rings. The fourth-order valence-electron chi connectivity index (χ4n) is 2.47. The molecule has 1 fully saturated rings. The van der Waals surface area contributed by atoms with E-state index in [0.717, 1.165) is 0 Å². The summed E-state index contributed by atoms with van der Waals surface area (Å²) in [6.07, 6.45) is 4.96. The highest BCUT2D eigenvalue weighted by Gasteiger charge is 2.16. The van der Waals surface area contributed by atoms with Crippen molar-refractivity contribution in [1.29, 1.82) is 0 Å². The Balaban J connectivity index is 1.67. The molecule has 0 aliphatic heterocycles. The van der Waals surface area contributed by atoms with Crippen LogP contribution in [0.25, 0.3) is 11.4 Å². The van der Waals surface area contributed by atoms with Crippen LogP contribution in [0, 0.1) is 0 Å². The molecule has 20 heavy (non-hydrogen) atoms. The summed E-state index contributed by atoms with van der Waals surface area (Å²) >= 11 is 0. The quantitative estimate of drug-likeness (QED) is 0.741. The number of aromatic hydroxyl groups is 2. The van der Waals surface area contributed by atoms with Gasteiger partial charge in [-0.3, -0.25) is 0 Å². The van der Waals surface area contributed by atoms with E-state index in [1.807, 2.05) is 0 Å². The van der Waals surface area contributed by atoms with E-state index in [0.29, 0.717) is 29.9 Å². The first-order valence-corrected chi connectivity index (χ1v) is 6.81. The molecule has 1 aliphatic carbocycles. The highest BCUT2D eigenvalue weighted by atomic mass is 16.5. The minimum Gasteiger partial charge on any atom is -0.504 e. The highest BCUT2D eigenvalue weighted by molar-refractivity contribution is 5.59. The lowest BCUT2D eigenvalue weighted by Gasteiger charge is -2.08. The molecular formula is C14H17N3O3. The van der Waals surface area contributed by atoms with Crippen molar-refractivity contribution in [3.63, 3.8) is 0 Å². The second-order valence-corrected chi connectivity index (χ2v) is 5.08. The number of phenolic OH excluding ortho intramolecular Hbond substituents is 2. The number of phenols is 2. The summed E-state index contributed by atoms with van der Waals surface area (Å²) in [5, 5.41) is 26.0. The molecule has 3 N–H and O–H groups in total. The van der Waals surface area contributed by atoms with Crippen LogP contribution in [0.1, 0.15) is 31.6 Å². The molecule has 0 radical (unpaired) electrons. The average molecular weight is 275 g/mol. The zero-order valence-electron chi connectivity index (χ0n) is 11.0. The van der Waals surface area contributed by atoms with E-state index in [1.54, 1.807) is 6.07 Å². The standard InChI is InChI=1S/C14H17N3O3/c18-11-6-5-9(7-12(11)19)14-16-13(20-17-14)8-15-10-3-1-2-4-10/h5-7,10,15,18-19H,1-4,8H2. The monoisotopic (exact) mass is 275 g/mol. The molecule has 2 aromatic rings. The van der Waals surface area contributed by atoms with Gasteiger partial charge in [-0.25, -0.2) is 0 Å². The van der Waals surface area contributed by atoms with Crippen molar-refractivity contribution in [2.75, 3.05) is 0 Å². The molecule has 1 saturated carbocycles. The minimum atomic E-state index is -0.196. The predicted molar refractivity (Wildman–Crippen MR) is 72.2 cm³/mol. The first-order valence-electron chi connectivity index (χ1n) is 6.81. The van der Waals surface area contributed by atoms with Crippen molar-refractivity contribution in [2.45, 2.75) is 38.3 Å². The van der Waals surface area contributed by atoms with E-state index >= 15 is 0 Å². The van der Waals surface area contributed by atoms with Crippen molar-refractivity contribution >= 4 is 0 Å². The first kappa shape index (κ1) is 12.9. The molecule has 1 aromatic carbocycles. The van der Waals surface area contributed by atoms with Gasteiger partial charge in [0, 0.05) is 11.6 Å². The molecule has 1 heterocycles. The normalized spacial score (nSPS) is 15.8. The van der Waals surface area contributed by atoms with Crippen LogP contribution in [0.3, 0.4) is 0 Å². The Morgan fingerprint density at radius 1 is 1.20 bits per heavy atom. The van der Waals surface area contributed by atoms with E-state index in [4.69, 9.17) is 4.52 Å². The van der Waals surface area contributed by atoms with Gasteiger partial charge in [0.05, 0.1) is 6.54 Å². The van der Waals surface area contributed by atoms with E-state index in [2.05, 4.69) is 15.5 Å². The van der Waals surface area contributed by atoms with Crippen LogP contribution >= 0.6 is 0 Å². The van der Waals surface area contributed by atoms with E-state index in [9.17, 15) is 10.2 Å². The number of nitrogens with zero attached hydrogens (tertiary/aromatic N) is 2. The van der Waals surface area contributed by atoms with Crippen molar-refractivity contribution in [1.82, 2.24) is 15.5 Å². The van der Waals surface area contributed by atoms with E-state index in [1.165, 1.54) is 37.8 Å². The summed E-state index contributed by atoms with van der Waals surface area (Å²) in [5.41, 5.74) is 0.608. The van der Waals surface area contributed by atoms with Crippen LogP contribution in [0.5, 0.6) is 11.5 Å². The zero-order chi connectivity index (χ0) is 13.9. The number of rotatable bonds is 4. The minimum absolute atomic E-state index is 0.166. The van der Waals surface area contributed by atoms with E-state index in [-0.39, 0.29) is 11.5 Å². The second kappa shape index (κ2) is 5.50. The van der Waals surface area contributed by atoms with Crippen LogP contribution in [-0.2, 0) is 6.54 Å². The van der Waals surface area contributed by atoms with Gasteiger partial charge in [-0.05, 0) is 31.0 Å². The van der Waals surface area contributed by atoms with Gasteiger partial charge in [-0.15, -0.1) is 0 Å².